The van der Waals surface area contributed by atoms with Gasteiger partial charge in [-0.3, -0.25) is 4.79 Å². The van der Waals surface area contributed by atoms with Gasteiger partial charge in [-0.1, -0.05) is 6.07 Å². The third kappa shape index (κ3) is 2.88. The van der Waals surface area contributed by atoms with Crippen LogP contribution in [0.25, 0.3) is 11.0 Å². The molecule has 0 fully saturated rings. The van der Waals surface area contributed by atoms with Crippen LogP contribution in [0.15, 0.2) is 36.4 Å². The molecule has 2 N–H and O–H groups in total. The van der Waals surface area contributed by atoms with Crippen LogP contribution in [0.1, 0.15) is 15.9 Å². The molecule has 1 aliphatic heterocycles. The number of ether oxygens (including phenoxy) is 2. The van der Waals surface area contributed by atoms with Gasteiger partial charge in [-0.25, -0.2) is 0 Å². The zero-order chi connectivity index (χ0) is 16.4. The summed E-state index contributed by atoms with van der Waals surface area (Å²) < 4.78 is 11.1. The summed E-state index contributed by atoms with van der Waals surface area (Å²) in [5, 5.41) is 13.4. The van der Waals surface area contributed by atoms with Crippen molar-refractivity contribution in [3.63, 3.8) is 0 Å². The normalized spacial score (nSPS) is 13.0. The molecule has 122 valence electrons. The lowest BCUT2D eigenvalue weighted by molar-refractivity contribution is 0.0954. The lowest BCUT2D eigenvalue weighted by Crippen LogP contribution is -2.25. The number of hydrogen-bond donors (Lipinski definition) is 2. The molecule has 0 aliphatic carbocycles. The Kier molecular flexibility index (Phi) is 3.74. The predicted molar refractivity (Wildman–Crippen MR) is 87.4 cm³/mol. The molecular weight excluding hydrogens is 308 g/mol. The molecule has 0 saturated carbocycles. The zero-order valence-electron chi connectivity index (χ0n) is 12.9. The summed E-state index contributed by atoms with van der Waals surface area (Å²) >= 11 is 0. The van der Waals surface area contributed by atoms with Gasteiger partial charge in [0.25, 0.3) is 5.91 Å². The molecule has 4 rings (SSSR count). The van der Waals surface area contributed by atoms with E-state index in [2.05, 4.69) is 20.7 Å². The maximum Gasteiger partial charge on any atom is 0.251 e. The fourth-order valence-electron chi connectivity index (χ4n) is 2.65. The van der Waals surface area contributed by atoms with Crippen molar-refractivity contribution in [3.05, 3.63) is 47.5 Å². The Morgan fingerprint density at radius 2 is 1.88 bits per heavy atom. The van der Waals surface area contributed by atoms with Crippen molar-refractivity contribution in [2.45, 2.75) is 6.42 Å². The Hall–Kier alpha value is -3.09. The first-order chi connectivity index (χ1) is 11.8. The van der Waals surface area contributed by atoms with Crippen molar-refractivity contribution in [1.82, 2.24) is 20.7 Å². The number of rotatable bonds is 4. The maximum absolute atomic E-state index is 12.2. The third-order valence-electron chi connectivity index (χ3n) is 3.88. The Balaban J connectivity index is 1.37. The Bertz CT molecular complexity index is 890. The number of fused-ring (bicyclic) bond motifs is 2. The molecule has 0 spiro atoms. The molecule has 1 amide bonds. The van der Waals surface area contributed by atoms with Crippen molar-refractivity contribution >= 4 is 16.9 Å². The molecule has 1 aromatic heterocycles. The number of H-pyrrole nitrogens is 1. The van der Waals surface area contributed by atoms with E-state index in [1.807, 2.05) is 18.2 Å². The smallest absolute Gasteiger partial charge is 0.251 e. The average molecular weight is 324 g/mol. The molecule has 2 heterocycles. The molecule has 7 heteroatoms. The highest BCUT2D eigenvalue weighted by molar-refractivity contribution is 5.97. The SMILES string of the molecule is O=C(NCCc1ccc2c(c1)OCCO2)c1ccc2n[nH]nc2c1. The van der Waals surface area contributed by atoms with E-state index in [1.165, 1.54) is 0 Å². The fourth-order valence-corrected chi connectivity index (χ4v) is 2.65. The first-order valence-corrected chi connectivity index (χ1v) is 7.77. The van der Waals surface area contributed by atoms with Crippen LogP contribution in [0.4, 0.5) is 0 Å². The van der Waals surface area contributed by atoms with Gasteiger partial charge in [0.05, 0.1) is 0 Å². The quantitative estimate of drug-likeness (QED) is 0.762. The number of carbonyl (C=O) groups excluding carboxylic acids is 1. The van der Waals surface area contributed by atoms with Gasteiger partial charge in [0.2, 0.25) is 0 Å². The summed E-state index contributed by atoms with van der Waals surface area (Å²) in [7, 11) is 0. The minimum absolute atomic E-state index is 0.127. The number of benzene rings is 2. The van der Waals surface area contributed by atoms with Crippen LogP contribution in [-0.4, -0.2) is 41.1 Å². The number of hydrogen-bond acceptors (Lipinski definition) is 5. The van der Waals surface area contributed by atoms with Crippen molar-refractivity contribution in [1.29, 1.82) is 0 Å². The van der Waals surface area contributed by atoms with E-state index in [0.29, 0.717) is 37.3 Å². The number of nitrogens with zero attached hydrogens (tertiary/aromatic N) is 2. The van der Waals surface area contributed by atoms with E-state index in [9.17, 15) is 4.79 Å². The van der Waals surface area contributed by atoms with Crippen molar-refractivity contribution in [2.24, 2.45) is 0 Å². The van der Waals surface area contributed by atoms with E-state index in [-0.39, 0.29) is 5.91 Å². The second-order valence-corrected chi connectivity index (χ2v) is 5.51. The standard InChI is InChI=1S/C17H16N4O3/c22-17(12-2-3-13-14(10-12)20-21-19-13)18-6-5-11-1-4-15-16(9-11)24-8-7-23-15/h1-4,9-10H,5-8H2,(H,18,22)(H,19,20,21). The third-order valence-corrected chi connectivity index (χ3v) is 3.88. The number of carbonyl (C=O) groups is 1. The molecule has 7 nitrogen and oxygen atoms in total. The second-order valence-electron chi connectivity index (χ2n) is 5.51. The van der Waals surface area contributed by atoms with Crippen LogP contribution >= 0.6 is 0 Å². The molecule has 24 heavy (non-hydrogen) atoms. The van der Waals surface area contributed by atoms with Gasteiger partial charge in [0.1, 0.15) is 24.2 Å². The van der Waals surface area contributed by atoms with Gasteiger partial charge in [0, 0.05) is 12.1 Å². The summed E-state index contributed by atoms with van der Waals surface area (Å²) in [5.41, 5.74) is 3.07. The van der Waals surface area contributed by atoms with Crippen LogP contribution in [0.3, 0.4) is 0 Å². The first-order valence-electron chi connectivity index (χ1n) is 7.77. The molecule has 0 unspecified atom stereocenters. The molecule has 2 aromatic carbocycles. The molecule has 0 radical (unpaired) electrons. The Morgan fingerprint density at radius 1 is 1.04 bits per heavy atom. The molecule has 3 aromatic rings. The monoisotopic (exact) mass is 324 g/mol. The maximum atomic E-state index is 12.2. The summed E-state index contributed by atoms with van der Waals surface area (Å²) in [4.78, 5) is 12.2. The summed E-state index contributed by atoms with van der Waals surface area (Å²) in [6, 6.07) is 11.1. The summed E-state index contributed by atoms with van der Waals surface area (Å²) in [6.45, 7) is 1.69. The molecular formula is C17H16N4O3. The summed E-state index contributed by atoms with van der Waals surface area (Å²) in [5.74, 6) is 1.41. The van der Waals surface area contributed by atoms with E-state index in [1.54, 1.807) is 18.2 Å². The Morgan fingerprint density at radius 3 is 2.79 bits per heavy atom. The minimum Gasteiger partial charge on any atom is -0.486 e. The van der Waals surface area contributed by atoms with Crippen LogP contribution in [0.2, 0.25) is 0 Å². The van der Waals surface area contributed by atoms with Crippen molar-refractivity contribution in [2.75, 3.05) is 19.8 Å². The highest BCUT2D eigenvalue weighted by atomic mass is 16.6. The minimum atomic E-state index is -0.127. The number of amides is 1. The van der Waals surface area contributed by atoms with Gasteiger partial charge in [0.15, 0.2) is 11.5 Å². The fraction of sp³-hybridized carbons (Fsp3) is 0.235. The second kappa shape index (κ2) is 6.19. The Labute approximate surface area is 138 Å². The van der Waals surface area contributed by atoms with Gasteiger partial charge in [-0.05, 0) is 42.3 Å². The molecule has 1 aliphatic rings. The number of aromatic amines is 1. The molecule has 0 atom stereocenters. The highest BCUT2D eigenvalue weighted by Crippen LogP contribution is 2.30. The number of aromatic nitrogens is 3. The van der Waals surface area contributed by atoms with Crippen LogP contribution in [0.5, 0.6) is 11.5 Å². The lowest BCUT2D eigenvalue weighted by Gasteiger charge is -2.18. The van der Waals surface area contributed by atoms with Crippen molar-refractivity contribution < 1.29 is 14.3 Å². The topological polar surface area (TPSA) is 89.1 Å². The van der Waals surface area contributed by atoms with Crippen LogP contribution in [0, 0.1) is 0 Å². The van der Waals surface area contributed by atoms with Gasteiger partial charge in [-0.15, -0.1) is 0 Å². The lowest BCUT2D eigenvalue weighted by atomic mass is 10.1. The van der Waals surface area contributed by atoms with Gasteiger partial charge < -0.3 is 14.8 Å². The van der Waals surface area contributed by atoms with Gasteiger partial charge >= 0.3 is 0 Å². The number of nitrogens with one attached hydrogen (secondary N) is 2. The average Bonchev–Trinajstić information content (AvgIpc) is 3.09. The summed E-state index contributed by atoms with van der Waals surface area (Å²) in [6.07, 6.45) is 0.717. The van der Waals surface area contributed by atoms with Crippen molar-refractivity contribution in [3.8, 4) is 11.5 Å². The van der Waals surface area contributed by atoms with Crippen LogP contribution in [-0.2, 0) is 6.42 Å². The van der Waals surface area contributed by atoms with Crippen LogP contribution < -0.4 is 14.8 Å². The zero-order valence-corrected chi connectivity index (χ0v) is 12.9. The van der Waals surface area contributed by atoms with E-state index >= 15 is 0 Å². The van der Waals surface area contributed by atoms with E-state index in [4.69, 9.17) is 9.47 Å². The molecule has 0 saturated heterocycles. The highest BCUT2D eigenvalue weighted by Gasteiger charge is 2.12. The molecule has 0 bridgehead atoms. The largest absolute Gasteiger partial charge is 0.486 e. The van der Waals surface area contributed by atoms with Gasteiger partial charge in [-0.2, -0.15) is 15.4 Å². The first kappa shape index (κ1) is 14.5. The van der Waals surface area contributed by atoms with E-state index < -0.39 is 0 Å². The predicted octanol–water partition coefficient (Wildman–Crippen LogP) is 1.70. The van der Waals surface area contributed by atoms with E-state index in [0.717, 1.165) is 22.6 Å².